The van der Waals surface area contributed by atoms with Crippen LogP contribution in [0.3, 0.4) is 0 Å². The molecule has 0 radical (unpaired) electrons. The summed E-state index contributed by atoms with van der Waals surface area (Å²) in [6.45, 7) is 1.99. The maximum absolute atomic E-state index is 11.4. The third kappa shape index (κ3) is 4.35. The molecule has 3 aromatic carbocycles. The summed E-state index contributed by atoms with van der Waals surface area (Å²) in [6, 6.07) is 17.7. The van der Waals surface area contributed by atoms with Crippen molar-refractivity contribution in [3.8, 4) is 11.5 Å². The minimum atomic E-state index is -0.615. The molecule has 3 rings (SSSR count). The first kappa shape index (κ1) is 19.1. The van der Waals surface area contributed by atoms with E-state index in [2.05, 4.69) is 4.99 Å². The maximum atomic E-state index is 11.4. The molecule has 0 aliphatic rings. The van der Waals surface area contributed by atoms with Crippen molar-refractivity contribution >= 4 is 17.6 Å². The highest BCUT2D eigenvalue weighted by Crippen LogP contribution is 2.33. The molecule has 0 atom stereocenters. The van der Waals surface area contributed by atoms with Crippen LogP contribution in [-0.2, 0) is 12.8 Å². The maximum Gasteiger partial charge on any atom is 0.311 e. The van der Waals surface area contributed by atoms with Gasteiger partial charge in [0.25, 0.3) is 0 Å². The zero-order valence-corrected chi connectivity index (χ0v) is 15.4. The Labute approximate surface area is 162 Å². The summed E-state index contributed by atoms with van der Waals surface area (Å²) < 4.78 is 0. The van der Waals surface area contributed by atoms with Crippen LogP contribution >= 0.6 is 0 Å². The number of phenolic OH excluding ortho intramolecular Hbond substituents is 2. The zero-order valence-electron chi connectivity index (χ0n) is 15.4. The van der Waals surface area contributed by atoms with Crippen LogP contribution in [-0.4, -0.2) is 21.4 Å². The molecule has 0 unspecified atom stereocenters. The second-order valence-corrected chi connectivity index (χ2v) is 6.41. The summed E-state index contributed by atoms with van der Waals surface area (Å²) in [4.78, 5) is 15.0. The van der Waals surface area contributed by atoms with Gasteiger partial charge in [-0.1, -0.05) is 43.3 Å². The van der Waals surface area contributed by atoms with Crippen molar-refractivity contribution in [1.29, 1.82) is 0 Å². The highest BCUT2D eigenvalue weighted by atomic mass is 16.6. The fraction of sp³-hybridized carbons (Fsp3) is 0.136. The number of nitrogens with zero attached hydrogens (tertiary/aromatic N) is 2. The van der Waals surface area contributed by atoms with E-state index in [-0.39, 0.29) is 17.0 Å². The molecule has 0 heterocycles. The molecule has 0 saturated heterocycles. The van der Waals surface area contributed by atoms with Gasteiger partial charge in [0, 0.05) is 17.8 Å². The van der Waals surface area contributed by atoms with Gasteiger partial charge in [-0.25, -0.2) is 0 Å². The standard InChI is InChI=1S/C22H20N2O4/c1-2-15-8-9-21(25)19(12-15)23-14-18-11-17(10-16-6-4-3-5-7-16)13-20(22(18)26)24(27)28/h3-9,11-14,25-26H,2,10H2,1H3. The third-order valence-corrected chi connectivity index (χ3v) is 4.42. The Kier molecular flexibility index (Phi) is 5.69. The van der Waals surface area contributed by atoms with Crippen LogP contribution in [0.15, 0.2) is 65.7 Å². The molecular weight excluding hydrogens is 356 g/mol. The molecule has 0 bridgehead atoms. The second kappa shape index (κ2) is 8.35. The Hall–Kier alpha value is -3.67. The van der Waals surface area contributed by atoms with Crippen molar-refractivity contribution in [2.24, 2.45) is 4.99 Å². The molecule has 0 amide bonds. The number of nitro benzene ring substituents is 1. The fourth-order valence-corrected chi connectivity index (χ4v) is 2.90. The first-order valence-corrected chi connectivity index (χ1v) is 8.88. The van der Waals surface area contributed by atoms with Gasteiger partial charge >= 0.3 is 5.69 Å². The minimum Gasteiger partial charge on any atom is -0.506 e. The number of rotatable bonds is 6. The van der Waals surface area contributed by atoms with Crippen LogP contribution in [0.5, 0.6) is 11.5 Å². The van der Waals surface area contributed by atoms with Crippen LogP contribution in [0.4, 0.5) is 11.4 Å². The van der Waals surface area contributed by atoms with Gasteiger partial charge in [-0.3, -0.25) is 15.1 Å². The average molecular weight is 376 g/mol. The summed E-state index contributed by atoms with van der Waals surface area (Å²) in [5, 5.41) is 31.6. The van der Waals surface area contributed by atoms with Gasteiger partial charge in [0.05, 0.1) is 4.92 Å². The Morgan fingerprint density at radius 1 is 1.00 bits per heavy atom. The molecule has 0 aliphatic carbocycles. The van der Waals surface area contributed by atoms with Gasteiger partial charge < -0.3 is 10.2 Å². The Bertz CT molecular complexity index is 1030. The van der Waals surface area contributed by atoms with Crippen molar-refractivity contribution in [2.45, 2.75) is 19.8 Å². The van der Waals surface area contributed by atoms with Crippen LogP contribution in [0, 0.1) is 10.1 Å². The lowest BCUT2D eigenvalue weighted by molar-refractivity contribution is -0.385. The zero-order chi connectivity index (χ0) is 20.1. The van der Waals surface area contributed by atoms with Crippen LogP contribution < -0.4 is 0 Å². The van der Waals surface area contributed by atoms with E-state index in [4.69, 9.17) is 0 Å². The summed E-state index contributed by atoms with van der Waals surface area (Å²) >= 11 is 0. The quantitative estimate of drug-likeness (QED) is 0.363. The fourth-order valence-electron chi connectivity index (χ4n) is 2.90. The number of hydrogen-bond acceptors (Lipinski definition) is 5. The topological polar surface area (TPSA) is 96.0 Å². The Morgan fingerprint density at radius 2 is 1.75 bits per heavy atom. The average Bonchev–Trinajstić information content (AvgIpc) is 2.69. The summed E-state index contributed by atoms with van der Waals surface area (Å²) in [5.74, 6) is -0.445. The molecule has 0 saturated carbocycles. The normalized spacial score (nSPS) is 11.0. The molecule has 6 nitrogen and oxygen atoms in total. The van der Waals surface area contributed by atoms with Gasteiger partial charge in [0.15, 0.2) is 0 Å². The van der Waals surface area contributed by atoms with E-state index < -0.39 is 10.7 Å². The predicted molar refractivity (Wildman–Crippen MR) is 109 cm³/mol. The first-order valence-electron chi connectivity index (χ1n) is 8.88. The third-order valence-electron chi connectivity index (χ3n) is 4.42. The van der Waals surface area contributed by atoms with E-state index in [1.165, 1.54) is 12.3 Å². The van der Waals surface area contributed by atoms with Crippen LogP contribution in [0.1, 0.15) is 29.2 Å². The van der Waals surface area contributed by atoms with E-state index in [9.17, 15) is 20.3 Å². The molecule has 0 aromatic heterocycles. The lowest BCUT2D eigenvalue weighted by Crippen LogP contribution is -1.97. The molecule has 0 fully saturated rings. The molecule has 28 heavy (non-hydrogen) atoms. The minimum absolute atomic E-state index is 0.00267. The monoisotopic (exact) mass is 376 g/mol. The first-order chi connectivity index (χ1) is 13.5. The smallest absolute Gasteiger partial charge is 0.311 e. The molecular formula is C22H20N2O4. The Balaban J connectivity index is 2.01. The lowest BCUT2D eigenvalue weighted by Gasteiger charge is -2.07. The SMILES string of the molecule is CCc1ccc(O)c(N=Cc2cc(Cc3ccccc3)cc([N+](=O)[O-])c2O)c1. The number of aromatic hydroxyl groups is 2. The molecule has 0 spiro atoms. The molecule has 6 heteroatoms. The number of nitro groups is 1. The molecule has 0 aliphatic heterocycles. The van der Waals surface area contributed by atoms with Gasteiger partial charge in [-0.15, -0.1) is 0 Å². The highest BCUT2D eigenvalue weighted by molar-refractivity contribution is 5.88. The molecule has 3 aromatic rings. The van der Waals surface area contributed by atoms with Gasteiger partial charge in [-0.2, -0.15) is 0 Å². The number of aryl methyl sites for hydroxylation is 1. The van der Waals surface area contributed by atoms with Crippen molar-refractivity contribution < 1.29 is 15.1 Å². The highest BCUT2D eigenvalue weighted by Gasteiger charge is 2.18. The summed E-state index contributed by atoms with van der Waals surface area (Å²) in [6.07, 6.45) is 2.61. The van der Waals surface area contributed by atoms with Crippen molar-refractivity contribution in [1.82, 2.24) is 0 Å². The lowest BCUT2D eigenvalue weighted by atomic mass is 10.0. The number of phenols is 2. The van der Waals surface area contributed by atoms with E-state index in [1.807, 2.05) is 37.3 Å². The summed E-state index contributed by atoms with van der Waals surface area (Å²) in [5.41, 5.74) is 2.87. The van der Waals surface area contributed by atoms with E-state index >= 15 is 0 Å². The van der Waals surface area contributed by atoms with E-state index in [0.717, 1.165) is 17.5 Å². The second-order valence-electron chi connectivity index (χ2n) is 6.41. The number of hydrogen-bond donors (Lipinski definition) is 2. The van der Waals surface area contributed by atoms with Crippen molar-refractivity contribution in [3.63, 3.8) is 0 Å². The Morgan fingerprint density at radius 3 is 2.43 bits per heavy atom. The van der Waals surface area contributed by atoms with E-state index in [1.54, 1.807) is 24.3 Å². The van der Waals surface area contributed by atoms with Gasteiger partial charge in [0.2, 0.25) is 5.75 Å². The van der Waals surface area contributed by atoms with Crippen LogP contribution in [0.2, 0.25) is 0 Å². The van der Waals surface area contributed by atoms with Crippen molar-refractivity contribution in [3.05, 3.63) is 93.0 Å². The van der Waals surface area contributed by atoms with Crippen LogP contribution in [0.25, 0.3) is 0 Å². The predicted octanol–water partition coefficient (Wildman–Crippen LogP) is 4.91. The van der Waals surface area contributed by atoms with Gasteiger partial charge in [-0.05, 0) is 47.7 Å². The van der Waals surface area contributed by atoms with E-state index in [0.29, 0.717) is 17.7 Å². The largest absolute Gasteiger partial charge is 0.506 e. The van der Waals surface area contributed by atoms with Gasteiger partial charge in [0.1, 0.15) is 11.4 Å². The number of benzene rings is 3. The van der Waals surface area contributed by atoms with Crippen molar-refractivity contribution in [2.75, 3.05) is 0 Å². The molecule has 142 valence electrons. The molecule has 2 N–H and O–H groups in total. The summed E-state index contributed by atoms with van der Waals surface area (Å²) in [7, 11) is 0. The number of aliphatic imine (C=N–C) groups is 1.